The summed E-state index contributed by atoms with van der Waals surface area (Å²) in [6.07, 6.45) is 7.05. The molecule has 0 aliphatic heterocycles. The Kier molecular flexibility index (Phi) is 5.46. The molecule has 2 heterocycles. The first-order valence-electron chi connectivity index (χ1n) is 8.32. The van der Waals surface area contributed by atoms with E-state index in [2.05, 4.69) is 23.7 Å². The second-order valence-corrected chi connectivity index (χ2v) is 7.06. The molecule has 5 nitrogen and oxygen atoms in total. The number of nitrogens with one attached hydrogen (secondary N) is 1. The van der Waals surface area contributed by atoms with Crippen LogP contribution in [0.15, 0.2) is 53.7 Å². The van der Waals surface area contributed by atoms with Crippen LogP contribution in [-0.2, 0) is 6.54 Å². The summed E-state index contributed by atoms with van der Waals surface area (Å²) in [6, 6.07) is 8.27. The van der Waals surface area contributed by atoms with E-state index in [-0.39, 0.29) is 11.4 Å². The van der Waals surface area contributed by atoms with Gasteiger partial charge >= 0.3 is 0 Å². The van der Waals surface area contributed by atoms with E-state index in [0.29, 0.717) is 29.3 Å². The average Bonchev–Trinajstić information content (AvgIpc) is 3.06. The average molecular weight is 372 g/mol. The van der Waals surface area contributed by atoms with E-state index in [1.54, 1.807) is 40.0 Å². The molecule has 0 saturated carbocycles. The predicted molar refractivity (Wildman–Crippen MR) is 105 cm³/mol. The molecule has 1 aromatic carbocycles. The summed E-state index contributed by atoms with van der Waals surface area (Å²) in [5.74, 6) is 0.0482. The minimum atomic E-state index is -0.312. The van der Waals surface area contributed by atoms with E-state index >= 15 is 0 Å². The van der Waals surface area contributed by atoms with Crippen LogP contribution in [0.2, 0.25) is 0 Å². The smallest absolute Gasteiger partial charge is 0.250 e. The van der Waals surface area contributed by atoms with Gasteiger partial charge in [-0.25, -0.2) is 9.07 Å². The lowest BCUT2D eigenvalue weighted by Crippen LogP contribution is -2.21. The van der Waals surface area contributed by atoms with E-state index in [1.165, 1.54) is 24.1 Å². The first-order chi connectivity index (χ1) is 12.5. The molecule has 0 radical (unpaired) electrons. The molecule has 136 valence electrons. The van der Waals surface area contributed by atoms with Gasteiger partial charge in [-0.1, -0.05) is 25.8 Å². The molecule has 0 saturated heterocycles. The van der Waals surface area contributed by atoms with Crippen molar-refractivity contribution < 1.29 is 4.39 Å². The van der Waals surface area contributed by atoms with Crippen molar-refractivity contribution in [2.24, 2.45) is 5.92 Å². The molecule has 3 rings (SSSR count). The van der Waals surface area contributed by atoms with Crippen LogP contribution in [0.4, 0.5) is 10.1 Å². The number of anilines is 1. The number of aromatic nitrogens is 3. The first kappa shape index (κ1) is 18.3. The zero-order chi connectivity index (χ0) is 18.7. The molecule has 0 aliphatic carbocycles. The number of hydrogen-bond donors (Lipinski definition) is 1. The summed E-state index contributed by atoms with van der Waals surface area (Å²) in [4.78, 5) is 12.0. The number of halogens is 1. The molecule has 1 N–H and O–H groups in total. The summed E-state index contributed by atoms with van der Waals surface area (Å²) < 4.78 is 20.7. The lowest BCUT2D eigenvalue weighted by Gasteiger charge is -2.10. The van der Waals surface area contributed by atoms with Gasteiger partial charge in [-0.05, 0) is 30.2 Å². The lowest BCUT2D eigenvalue weighted by atomic mass is 10.1. The van der Waals surface area contributed by atoms with Crippen LogP contribution in [0, 0.1) is 11.7 Å². The van der Waals surface area contributed by atoms with Crippen LogP contribution < -0.4 is 10.3 Å². The predicted octanol–water partition coefficient (Wildman–Crippen LogP) is 4.19. The van der Waals surface area contributed by atoms with Crippen LogP contribution >= 0.6 is 11.9 Å². The van der Waals surface area contributed by atoms with E-state index in [4.69, 9.17) is 0 Å². The first-order valence-corrected chi connectivity index (χ1v) is 9.55. The Morgan fingerprint density at radius 2 is 2.04 bits per heavy atom. The Morgan fingerprint density at radius 1 is 1.23 bits per heavy atom. The van der Waals surface area contributed by atoms with E-state index in [1.807, 2.05) is 12.3 Å². The fourth-order valence-corrected chi connectivity index (χ4v) is 3.09. The Bertz CT molecular complexity index is 964. The number of pyridine rings is 1. The van der Waals surface area contributed by atoms with Crippen molar-refractivity contribution >= 4 is 17.6 Å². The number of benzene rings is 1. The van der Waals surface area contributed by atoms with Crippen LogP contribution in [0.3, 0.4) is 0 Å². The summed E-state index contributed by atoms with van der Waals surface area (Å²) >= 11 is 1.41. The maximum absolute atomic E-state index is 14.4. The topological polar surface area (TPSA) is 51.9 Å². The van der Waals surface area contributed by atoms with Gasteiger partial charge in [0.05, 0.1) is 11.9 Å². The molecular formula is C19H21FN4OS. The van der Waals surface area contributed by atoms with Crippen LogP contribution in [-0.4, -0.2) is 20.6 Å². The van der Waals surface area contributed by atoms with Crippen molar-refractivity contribution in [2.75, 3.05) is 11.0 Å². The Balaban J connectivity index is 1.92. The zero-order valence-electron chi connectivity index (χ0n) is 14.9. The molecule has 0 spiro atoms. The van der Waals surface area contributed by atoms with Crippen LogP contribution in [0.5, 0.6) is 0 Å². The van der Waals surface area contributed by atoms with Crippen molar-refractivity contribution in [3.05, 3.63) is 65.1 Å². The molecule has 7 heteroatoms. The molecule has 0 amide bonds. The highest BCUT2D eigenvalue weighted by molar-refractivity contribution is 7.99. The van der Waals surface area contributed by atoms with Gasteiger partial charge in [0.15, 0.2) is 0 Å². The fourth-order valence-electron chi connectivity index (χ4n) is 2.72. The third kappa shape index (κ3) is 3.99. The molecule has 0 bridgehead atoms. The number of rotatable bonds is 6. The normalized spacial score (nSPS) is 11.1. The highest BCUT2D eigenvalue weighted by atomic mass is 32.2. The van der Waals surface area contributed by atoms with Crippen molar-refractivity contribution in [1.82, 2.24) is 14.3 Å². The zero-order valence-corrected chi connectivity index (χ0v) is 15.8. The third-order valence-electron chi connectivity index (χ3n) is 3.88. The molecule has 0 aliphatic rings. The summed E-state index contributed by atoms with van der Waals surface area (Å²) in [5, 5.41) is 4.33. The summed E-state index contributed by atoms with van der Waals surface area (Å²) in [6.45, 7) is 4.76. The number of nitrogens with zero attached hydrogens (tertiary/aromatic N) is 3. The fraction of sp³-hybridized carbons (Fsp3) is 0.263. The molecule has 0 fully saturated rings. The second-order valence-electron chi connectivity index (χ2n) is 6.45. The number of hydrogen-bond acceptors (Lipinski definition) is 4. The molecule has 26 heavy (non-hydrogen) atoms. The monoisotopic (exact) mass is 372 g/mol. The van der Waals surface area contributed by atoms with Gasteiger partial charge in [-0.2, -0.15) is 5.10 Å². The van der Waals surface area contributed by atoms with Gasteiger partial charge in [-0.3, -0.25) is 4.79 Å². The van der Waals surface area contributed by atoms with Gasteiger partial charge < -0.3 is 9.29 Å². The van der Waals surface area contributed by atoms with Crippen LogP contribution in [0.25, 0.3) is 16.8 Å². The van der Waals surface area contributed by atoms with Gasteiger partial charge in [-0.15, -0.1) is 0 Å². The minimum absolute atomic E-state index is 0.0437. The van der Waals surface area contributed by atoms with Crippen molar-refractivity contribution in [3.63, 3.8) is 0 Å². The highest BCUT2D eigenvalue weighted by Crippen LogP contribution is 2.26. The van der Waals surface area contributed by atoms with Gasteiger partial charge in [0.1, 0.15) is 5.82 Å². The molecular weight excluding hydrogens is 351 g/mol. The Morgan fingerprint density at radius 3 is 2.73 bits per heavy atom. The lowest BCUT2D eigenvalue weighted by molar-refractivity contribution is 0.509. The maximum Gasteiger partial charge on any atom is 0.250 e. The van der Waals surface area contributed by atoms with Crippen molar-refractivity contribution in [1.29, 1.82) is 0 Å². The highest BCUT2D eigenvalue weighted by Gasteiger charge is 2.10. The van der Waals surface area contributed by atoms with Crippen molar-refractivity contribution in [2.45, 2.75) is 20.4 Å². The summed E-state index contributed by atoms with van der Waals surface area (Å²) in [7, 11) is 0. The van der Waals surface area contributed by atoms with E-state index in [9.17, 15) is 9.18 Å². The van der Waals surface area contributed by atoms with Crippen molar-refractivity contribution in [3.8, 4) is 16.8 Å². The second kappa shape index (κ2) is 7.78. The van der Waals surface area contributed by atoms with Crippen LogP contribution in [0.1, 0.15) is 13.8 Å². The SMILES string of the molecule is CSNc1ccc(-c2cnn(-c3ccc(=O)n(CC(C)C)c3)c2)c(F)c1. The largest absolute Gasteiger partial charge is 0.330 e. The quantitative estimate of drug-likeness (QED) is 0.660. The molecule has 0 atom stereocenters. The Labute approximate surface area is 156 Å². The summed E-state index contributed by atoms with van der Waals surface area (Å²) in [5.41, 5.74) is 2.60. The molecule has 2 aromatic heterocycles. The molecule has 0 unspecified atom stereocenters. The minimum Gasteiger partial charge on any atom is -0.330 e. The Hall–Kier alpha value is -2.54. The van der Waals surface area contributed by atoms with Gasteiger partial charge in [0.2, 0.25) is 0 Å². The third-order valence-corrected chi connectivity index (χ3v) is 4.32. The standard InChI is InChI=1S/C19H21FN4OS/c1-13(2)10-23-12-16(5-7-19(23)25)24-11-14(9-21-24)17-6-4-15(22-26-3)8-18(17)20/h4-9,11-13,22H,10H2,1-3H3. The maximum atomic E-state index is 14.4. The van der Waals surface area contributed by atoms with E-state index in [0.717, 1.165) is 5.69 Å². The molecule has 3 aromatic rings. The van der Waals surface area contributed by atoms with Gasteiger partial charge in [0, 0.05) is 48.1 Å². The van der Waals surface area contributed by atoms with Gasteiger partial charge in [0.25, 0.3) is 5.56 Å². The van der Waals surface area contributed by atoms with E-state index < -0.39 is 0 Å².